The van der Waals surface area contributed by atoms with Gasteiger partial charge in [-0.1, -0.05) is 0 Å². The van der Waals surface area contributed by atoms with Crippen molar-refractivity contribution in [3.63, 3.8) is 0 Å². The van der Waals surface area contributed by atoms with Crippen LogP contribution in [0.1, 0.15) is 16.3 Å². The number of aryl methyl sites for hydroxylation is 1. The molecule has 24 heavy (non-hydrogen) atoms. The number of aromatic nitrogens is 2. The van der Waals surface area contributed by atoms with E-state index in [0.717, 1.165) is 48.4 Å². The fraction of sp³-hybridized carbons (Fsp3) is 0.438. The monoisotopic (exact) mass is 347 g/mol. The van der Waals surface area contributed by atoms with Crippen LogP contribution in [-0.2, 0) is 17.8 Å². The number of pyridine rings is 1. The molecule has 0 spiro atoms. The smallest absolute Gasteiger partial charge is 0.315 e. The van der Waals surface area contributed by atoms with Crippen molar-refractivity contribution in [3.05, 3.63) is 40.0 Å². The molecule has 2 amide bonds. The number of morpholine rings is 1. The van der Waals surface area contributed by atoms with Crippen molar-refractivity contribution in [2.75, 3.05) is 31.2 Å². The van der Waals surface area contributed by atoms with Crippen LogP contribution < -0.4 is 15.5 Å². The zero-order valence-corrected chi connectivity index (χ0v) is 14.4. The fourth-order valence-electron chi connectivity index (χ4n) is 2.42. The molecule has 0 radical (unpaired) electrons. The van der Waals surface area contributed by atoms with Gasteiger partial charge in [0.25, 0.3) is 0 Å². The van der Waals surface area contributed by atoms with Gasteiger partial charge in [-0.2, -0.15) is 0 Å². The average molecular weight is 347 g/mol. The van der Waals surface area contributed by atoms with Gasteiger partial charge in [0.15, 0.2) is 0 Å². The van der Waals surface area contributed by atoms with Gasteiger partial charge in [0.1, 0.15) is 10.8 Å². The Morgan fingerprint density at radius 3 is 2.88 bits per heavy atom. The maximum atomic E-state index is 11.9. The van der Waals surface area contributed by atoms with Crippen molar-refractivity contribution in [3.8, 4) is 0 Å². The summed E-state index contributed by atoms with van der Waals surface area (Å²) in [6, 6.07) is 3.72. The van der Waals surface area contributed by atoms with Crippen molar-refractivity contribution in [2.45, 2.75) is 20.0 Å². The average Bonchev–Trinajstić information content (AvgIpc) is 3.04. The molecule has 2 aromatic heterocycles. The molecule has 7 nitrogen and oxygen atoms in total. The van der Waals surface area contributed by atoms with Crippen LogP contribution in [0.2, 0.25) is 0 Å². The summed E-state index contributed by atoms with van der Waals surface area (Å²) in [6.07, 6.45) is 1.78. The van der Waals surface area contributed by atoms with E-state index in [1.807, 2.05) is 24.4 Å². The van der Waals surface area contributed by atoms with Crippen LogP contribution in [-0.4, -0.2) is 42.3 Å². The summed E-state index contributed by atoms with van der Waals surface area (Å²) in [7, 11) is 0. The van der Waals surface area contributed by atoms with Gasteiger partial charge >= 0.3 is 6.03 Å². The number of nitrogens with one attached hydrogen (secondary N) is 2. The second-order valence-corrected chi connectivity index (χ2v) is 6.48. The van der Waals surface area contributed by atoms with Gasteiger partial charge in [0, 0.05) is 36.9 Å². The summed E-state index contributed by atoms with van der Waals surface area (Å²) in [4.78, 5) is 22.8. The van der Waals surface area contributed by atoms with E-state index in [0.29, 0.717) is 13.1 Å². The van der Waals surface area contributed by atoms with E-state index < -0.39 is 0 Å². The fourth-order valence-corrected chi connectivity index (χ4v) is 3.13. The Bertz CT molecular complexity index is 685. The number of nitrogens with zero attached hydrogens (tertiary/aromatic N) is 3. The van der Waals surface area contributed by atoms with Crippen LogP contribution in [0.4, 0.5) is 10.6 Å². The Morgan fingerprint density at radius 2 is 2.12 bits per heavy atom. The Labute approximate surface area is 145 Å². The van der Waals surface area contributed by atoms with Gasteiger partial charge in [-0.15, -0.1) is 11.3 Å². The second-order valence-electron chi connectivity index (χ2n) is 5.54. The molecule has 0 unspecified atom stereocenters. The summed E-state index contributed by atoms with van der Waals surface area (Å²) >= 11 is 1.55. The molecule has 128 valence electrons. The van der Waals surface area contributed by atoms with Gasteiger partial charge in [0.05, 0.1) is 19.8 Å². The van der Waals surface area contributed by atoms with Gasteiger partial charge < -0.3 is 20.3 Å². The highest BCUT2D eigenvalue weighted by Crippen LogP contribution is 2.14. The van der Waals surface area contributed by atoms with Crippen molar-refractivity contribution in [1.82, 2.24) is 20.6 Å². The topological polar surface area (TPSA) is 79.4 Å². The van der Waals surface area contributed by atoms with Gasteiger partial charge in [-0.25, -0.2) is 14.8 Å². The lowest BCUT2D eigenvalue weighted by molar-refractivity contribution is 0.122. The normalized spacial score (nSPS) is 14.5. The first-order chi connectivity index (χ1) is 11.7. The number of carbonyl (C=O) groups excluding carboxylic acids is 1. The summed E-state index contributed by atoms with van der Waals surface area (Å²) in [6.45, 7) is 5.98. The number of amides is 2. The molecule has 1 aliphatic heterocycles. The molecule has 0 aliphatic carbocycles. The maximum absolute atomic E-state index is 11.9. The number of hydrogen-bond acceptors (Lipinski definition) is 6. The van der Waals surface area contributed by atoms with E-state index >= 15 is 0 Å². The van der Waals surface area contributed by atoms with E-state index in [4.69, 9.17) is 4.74 Å². The third-order valence-electron chi connectivity index (χ3n) is 3.66. The van der Waals surface area contributed by atoms with Gasteiger partial charge in [-0.3, -0.25) is 0 Å². The van der Waals surface area contributed by atoms with Crippen LogP contribution >= 0.6 is 11.3 Å². The predicted octanol–water partition coefficient (Wildman–Crippen LogP) is 1.68. The molecular weight excluding hydrogens is 326 g/mol. The number of ether oxygens (including phenoxy) is 1. The molecule has 1 aliphatic rings. The number of rotatable bonds is 5. The van der Waals surface area contributed by atoms with Crippen molar-refractivity contribution in [1.29, 1.82) is 0 Å². The number of anilines is 1. The van der Waals surface area contributed by atoms with Crippen molar-refractivity contribution >= 4 is 23.2 Å². The first-order valence-electron chi connectivity index (χ1n) is 7.91. The largest absolute Gasteiger partial charge is 0.378 e. The summed E-state index contributed by atoms with van der Waals surface area (Å²) in [5, 5.41) is 8.55. The molecule has 0 atom stereocenters. The van der Waals surface area contributed by atoms with Gasteiger partial charge in [-0.05, 0) is 24.6 Å². The van der Waals surface area contributed by atoms with Crippen molar-refractivity contribution in [2.24, 2.45) is 0 Å². The summed E-state index contributed by atoms with van der Waals surface area (Å²) in [5.74, 6) is 0.927. The lowest BCUT2D eigenvalue weighted by Gasteiger charge is -2.28. The molecule has 2 aromatic rings. The summed E-state index contributed by atoms with van der Waals surface area (Å²) in [5.41, 5.74) is 2.00. The Morgan fingerprint density at radius 1 is 1.33 bits per heavy atom. The molecule has 8 heteroatoms. The molecule has 1 saturated heterocycles. The molecule has 0 aromatic carbocycles. The quantitative estimate of drug-likeness (QED) is 0.860. The molecular formula is C16H21N5O2S. The third kappa shape index (κ3) is 4.65. The Kier molecular flexibility index (Phi) is 5.60. The lowest BCUT2D eigenvalue weighted by Crippen LogP contribution is -2.37. The molecule has 0 bridgehead atoms. The van der Waals surface area contributed by atoms with E-state index in [-0.39, 0.29) is 6.03 Å². The zero-order valence-electron chi connectivity index (χ0n) is 13.6. The minimum absolute atomic E-state index is 0.201. The molecule has 2 N–H and O–H groups in total. The Balaban J connectivity index is 1.47. The van der Waals surface area contributed by atoms with Crippen LogP contribution in [0, 0.1) is 6.92 Å². The highest BCUT2D eigenvalue weighted by atomic mass is 32.1. The van der Waals surface area contributed by atoms with Crippen molar-refractivity contribution < 1.29 is 9.53 Å². The number of hydrogen-bond donors (Lipinski definition) is 2. The lowest BCUT2D eigenvalue weighted by atomic mass is 10.2. The second kappa shape index (κ2) is 8.07. The number of carbonyl (C=O) groups is 1. The maximum Gasteiger partial charge on any atom is 0.315 e. The number of thiazole rings is 1. The minimum Gasteiger partial charge on any atom is -0.378 e. The van der Waals surface area contributed by atoms with Crippen LogP contribution in [0.5, 0.6) is 0 Å². The highest BCUT2D eigenvalue weighted by Gasteiger charge is 2.12. The number of urea groups is 1. The zero-order chi connectivity index (χ0) is 16.8. The van der Waals surface area contributed by atoms with Crippen LogP contribution in [0.3, 0.4) is 0 Å². The van der Waals surface area contributed by atoms with Crippen LogP contribution in [0.25, 0.3) is 0 Å². The van der Waals surface area contributed by atoms with Crippen LogP contribution in [0.15, 0.2) is 23.7 Å². The minimum atomic E-state index is -0.201. The first-order valence-corrected chi connectivity index (χ1v) is 8.79. The Hall–Kier alpha value is -2.19. The van der Waals surface area contributed by atoms with E-state index in [1.54, 1.807) is 17.5 Å². The standard InChI is InChI=1S/C16H21N5O2S/c1-12-11-24-15(20-12)10-19-16(22)18-9-13-2-3-17-14(8-13)21-4-6-23-7-5-21/h2-3,8,11H,4-7,9-10H2,1H3,(H2,18,19,22). The first kappa shape index (κ1) is 16.7. The molecule has 0 saturated carbocycles. The highest BCUT2D eigenvalue weighted by molar-refractivity contribution is 7.09. The molecule has 1 fully saturated rings. The molecule has 3 rings (SSSR count). The third-order valence-corrected chi connectivity index (χ3v) is 4.63. The van der Waals surface area contributed by atoms with E-state index in [1.165, 1.54) is 0 Å². The predicted molar refractivity (Wildman–Crippen MR) is 93.2 cm³/mol. The van der Waals surface area contributed by atoms with Gasteiger partial charge in [0.2, 0.25) is 0 Å². The summed E-state index contributed by atoms with van der Waals surface area (Å²) < 4.78 is 5.36. The van der Waals surface area contributed by atoms with E-state index in [9.17, 15) is 4.79 Å². The molecule has 3 heterocycles. The SMILES string of the molecule is Cc1csc(CNC(=O)NCc2ccnc(N3CCOCC3)c2)n1. The van der Waals surface area contributed by atoms with E-state index in [2.05, 4.69) is 25.5 Å².